The summed E-state index contributed by atoms with van der Waals surface area (Å²) in [6.07, 6.45) is 3.37. The molecule has 0 aliphatic heterocycles. The second-order valence-corrected chi connectivity index (χ2v) is 7.39. The zero-order chi connectivity index (χ0) is 21.5. The minimum Gasteiger partial charge on any atom is -0.496 e. The van der Waals surface area contributed by atoms with Crippen LogP contribution < -0.4 is 10.1 Å². The molecule has 1 N–H and O–H groups in total. The van der Waals surface area contributed by atoms with E-state index in [1.807, 2.05) is 54.6 Å². The predicted molar refractivity (Wildman–Crippen MR) is 117 cm³/mol. The van der Waals surface area contributed by atoms with Crippen LogP contribution in [0.3, 0.4) is 0 Å². The molecule has 2 aromatic heterocycles. The predicted octanol–water partition coefficient (Wildman–Crippen LogP) is 3.29. The maximum atomic E-state index is 13.0. The van der Waals surface area contributed by atoms with E-state index in [1.165, 1.54) is 11.8 Å². The first kappa shape index (κ1) is 20.5. The number of nitrogens with one attached hydrogen (secondary N) is 1. The van der Waals surface area contributed by atoms with Crippen LogP contribution in [0.5, 0.6) is 5.75 Å². The summed E-state index contributed by atoms with van der Waals surface area (Å²) in [4.78, 5) is 21.5. The number of rotatable bonds is 8. The molecular weight excluding hydrogens is 412 g/mol. The fourth-order valence-corrected chi connectivity index (χ4v) is 3.78. The second-order valence-electron chi connectivity index (χ2n) is 6.45. The van der Waals surface area contributed by atoms with Crippen LogP contribution in [0.1, 0.15) is 21.7 Å². The number of ether oxygens (including phenoxy) is 1. The minimum absolute atomic E-state index is 0.266. The van der Waals surface area contributed by atoms with E-state index in [9.17, 15) is 4.79 Å². The fourth-order valence-electron chi connectivity index (χ4n) is 2.99. The number of amides is 1. The number of benzene rings is 2. The summed E-state index contributed by atoms with van der Waals surface area (Å²) >= 11 is 1.42. The van der Waals surface area contributed by atoms with Crippen molar-refractivity contribution in [3.05, 3.63) is 90.0 Å². The van der Waals surface area contributed by atoms with Gasteiger partial charge in [0.25, 0.3) is 5.91 Å². The molecule has 4 aromatic rings. The van der Waals surface area contributed by atoms with Crippen molar-refractivity contribution in [3.8, 4) is 11.4 Å². The van der Waals surface area contributed by atoms with Crippen LogP contribution in [-0.2, 0) is 12.3 Å². The number of thioether (sulfide) groups is 1. The Balaban J connectivity index is 1.58. The van der Waals surface area contributed by atoms with E-state index in [0.29, 0.717) is 28.9 Å². The molecule has 0 fully saturated rings. The first-order valence-corrected chi connectivity index (χ1v) is 10.5. The van der Waals surface area contributed by atoms with Gasteiger partial charge < -0.3 is 10.1 Å². The van der Waals surface area contributed by atoms with Gasteiger partial charge in [0.15, 0.2) is 10.9 Å². The molecule has 0 spiro atoms. The van der Waals surface area contributed by atoms with Crippen molar-refractivity contribution in [1.29, 1.82) is 0 Å². The molecule has 2 heterocycles. The van der Waals surface area contributed by atoms with Crippen LogP contribution >= 0.6 is 11.8 Å². The normalized spacial score (nSPS) is 10.6. The summed E-state index contributed by atoms with van der Waals surface area (Å²) in [5, 5.41) is 11.9. The molecular formula is C22H20N6O2S. The molecule has 0 aliphatic carbocycles. The summed E-state index contributed by atoms with van der Waals surface area (Å²) in [5.41, 5.74) is 2.63. The molecule has 0 atom stereocenters. The molecule has 8 nitrogen and oxygen atoms in total. The third kappa shape index (κ3) is 4.89. The molecule has 31 heavy (non-hydrogen) atoms. The SMILES string of the molecule is COc1ccccc1CNC(=O)c1nnn(-c2ccccc2)c1CSc1ncccn1. The quantitative estimate of drug-likeness (QED) is 0.337. The first-order valence-electron chi connectivity index (χ1n) is 9.56. The Bertz CT molecular complexity index is 1150. The highest BCUT2D eigenvalue weighted by molar-refractivity contribution is 7.98. The van der Waals surface area contributed by atoms with Gasteiger partial charge in [-0.15, -0.1) is 5.10 Å². The van der Waals surface area contributed by atoms with Crippen molar-refractivity contribution in [2.45, 2.75) is 17.5 Å². The van der Waals surface area contributed by atoms with E-state index >= 15 is 0 Å². The average Bonchev–Trinajstić information content (AvgIpc) is 3.26. The van der Waals surface area contributed by atoms with E-state index in [4.69, 9.17) is 4.74 Å². The Hall–Kier alpha value is -3.72. The topological polar surface area (TPSA) is 94.8 Å². The molecule has 0 saturated heterocycles. The monoisotopic (exact) mass is 432 g/mol. The van der Waals surface area contributed by atoms with Gasteiger partial charge in [-0.25, -0.2) is 14.6 Å². The van der Waals surface area contributed by atoms with Gasteiger partial charge in [-0.1, -0.05) is 53.4 Å². The molecule has 9 heteroatoms. The average molecular weight is 433 g/mol. The fraction of sp³-hybridized carbons (Fsp3) is 0.136. The van der Waals surface area contributed by atoms with Crippen LogP contribution in [0.15, 0.2) is 78.2 Å². The summed E-state index contributed by atoms with van der Waals surface area (Å²) in [7, 11) is 1.60. The van der Waals surface area contributed by atoms with E-state index in [2.05, 4.69) is 25.6 Å². The van der Waals surface area contributed by atoms with Gasteiger partial charge in [-0.05, 0) is 24.3 Å². The van der Waals surface area contributed by atoms with Crippen molar-refractivity contribution in [1.82, 2.24) is 30.3 Å². The van der Waals surface area contributed by atoms with Crippen molar-refractivity contribution in [2.24, 2.45) is 0 Å². The molecule has 4 rings (SSSR count). The Morgan fingerprint density at radius 3 is 2.55 bits per heavy atom. The Morgan fingerprint density at radius 2 is 1.77 bits per heavy atom. The van der Waals surface area contributed by atoms with Gasteiger partial charge in [0, 0.05) is 30.3 Å². The molecule has 2 aromatic carbocycles. The number of methoxy groups -OCH3 is 1. The zero-order valence-electron chi connectivity index (χ0n) is 16.8. The van der Waals surface area contributed by atoms with Gasteiger partial charge >= 0.3 is 0 Å². The number of carbonyl (C=O) groups is 1. The molecule has 1 amide bonds. The Morgan fingerprint density at radius 1 is 1.03 bits per heavy atom. The lowest BCUT2D eigenvalue weighted by Gasteiger charge is -2.10. The van der Waals surface area contributed by atoms with Crippen molar-refractivity contribution in [2.75, 3.05) is 7.11 Å². The second kappa shape index (κ2) is 9.86. The molecule has 0 saturated carbocycles. The van der Waals surface area contributed by atoms with Crippen LogP contribution in [0.4, 0.5) is 0 Å². The number of para-hydroxylation sites is 2. The van der Waals surface area contributed by atoms with Crippen molar-refractivity contribution >= 4 is 17.7 Å². The van der Waals surface area contributed by atoms with Gasteiger partial charge in [-0.3, -0.25) is 4.79 Å². The minimum atomic E-state index is -0.308. The van der Waals surface area contributed by atoms with Crippen LogP contribution in [-0.4, -0.2) is 38.0 Å². The van der Waals surface area contributed by atoms with Gasteiger partial charge in [0.2, 0.25) is 0 Å². The molecule has 0 bridgehead atoms. The van der Waals surface area contributed by atoms with E-state index in [-0.39, 0.29) is 11.6 Å². The third-order valence-corrected chi connectivity index (χ3v) is 5.38. The van der Waals surface area contributed by atoms with Gasteiger partial charge in [0.1, 0.15) is 5.75 Å². The Labute approximate surface area is 183 Å². The highest BCUT2D eigenvalue weighted by Crippen LogP contribution is 2.23. The summed E-state index contributed by atoms with van der Waals surface area (Å²) in [5.74, 6) is 0.842. The number of hydrogen-bond acceptors (Lipinski definition) is 7. The summed E-state index contributed by atoms with van der Waals surface area (Å²) < 4.78 is 7.03. The standard InChI is InChI=1S/C22H20N6O2S/c1-30-19-11-6-5-8-16(19)14-25-21(29)20-18(15-31-22-23-12-7-13-24-22)28(27-26-20)17-9-3-2-4-10-17/h2-13H,14-15H2,1H3,(H,25,29). The molecule has 0 radical (unpaired) electrons. The van der Waals surface area contributed by atoms with Crippen LogP contribution in [0.25, 0.3) is 5.69 Å². The lowest BCUT2D eigenvalue weighted by atomic mass is 10.2. The van der Waals surface area contributed by atoms with Crippen LogP contribution in [0, 0.1) is 0 Å². The van der Waals surface area contributed by atoms with Gasteiger partial charge in [-0.2, -0.15) is 0 Å². The molecule has 0 unspecified atom stereocenters. The third-order valence-electron chi connectivity index (χ3n) is 4.49. The smallest absolute Gasteiger partial charge is 0.274 e. The van der Waals surface area contributed by atoms with Crippen LogP contribution in [0.2, 0.25) is 0 Å². The largest absolute Gasteiger partial charge is 0.496 e. The maximum Gasteiger partial charge on any atom is 0.274 e. The Kier molecular flexibility index (Phi) is 6.53. The lowest BCUT2D eigenvalue weighted by Crippen LogP contribution is -2.24. The molecule has 156 valence electrons. The summed E-state index contributed by atoms with van der Waals surface area (Å²) in [6, 6.07) is 18.9. The molecule has 0 aliphatic rings. The van der Waals surface area contributed by atoms with E-state index in [1.54, 1.807) is 30.3 Å². The first-order chi connectivity index (χ1) is 15.3. The van der Waals surface area contributed by atoms with E-state index < -0.39 is 0 Å². The van der Waals surface area contributed by atoms with Crippen molar-refractivity contribution < 1.29 is 9.53 Å². The summed E-state index contributed by atoms with van der Waals surface area (Å²) in [6.45, 7) is 0.315. The number of nitrogens with zero attached hydrogens (tertiary/aromatic N) is 5. The number of carbonyl (C=O) groups excluding carboxylic acids is 1. The maximum absolute atomic E-state index is 13.0. The highest BCUT2D eigenvalue weighted by atomic mass is 32.2. The van der Waals surface area contributed by atoms with Gasteiger partial charge in [0.05, 0.1) is 18.5 Å². The zero-order valence-corrected chi connectivity index (χ0v) is 17.6. The van der Waals surface area contributed by atoms with Crippen molar-refractivity contribution in [3.63, 3.8) is 0 Å². The lowest BCUT2D eigenvalue weighted by molar-refractivity contribution is 0.0945. The number of aromatic nitrogens is 5. The van der Waals surface area contributed by atoms with E-state index in [0.717, 1.165) is 11.3 Å². The highest BCUT2D eigenvalue weighted by Gasteiger charge is 2.21. The number of hydrogen-bond donors (Lipinski definition) is 1.